The fourth-order valence-corrected chi connectivity index (χ4v) is 3.32. The van der Waals surface area contributed by atoms with Gasteiger partial charge in [0.1, 0.15) is 6.33 Å². The average Bonchev–Trinajstić information content (AvgIpc) is 2.78. The molecule has 2 aromatic heterocycles. The molecule has 0 radical (unpaired) electrons. The highest BCUT2D eigenvalue weighted by molar-refractivity contribution is 5.87. The maximum atomic E-state index is 4.63. The lowest BCUT2D eigenvalue weighted by atomic mass is 9.92. The van der Waals surface area contributed by atoms with Gasteiger partial charge in [-0.2, -0.15) is 0 Å². The smallest absolute Gasteiger partial charge is 0.116 e. The van der Waals surface area contributed by atoms with Crippen molar-refractivity contribution in [3.05, 3.63) is 66.0 Å². The molecule has 4 rings (SSSR count). The van der Waals surface area contributed by atoms with Gasteiger partial charge < -0.3 is 4.90 Å². The number of aromatic nitrogens is 3. The Morgan fingerprint density at radius 2 is 2.09 bits per heavy atom. The van der Waals surface area contributed by atoms with Gasteiger partial charge in [0.25, 0.3) is 0 Å². The molecule has 1 saturated heterocycles. The zero-order chi connectivity index (χ0) is 15.6. The molecule has 4 nitrogen and oxygen atoms in total. The van der Waals surface area contributed by atoms with Crippen molar-refractivity contribution in [1.82, 2.24) is 15.0 Å². The highest BCUT2D eigenvalue weighted by atomic mass is 15.2. The molecule has 3 heterocycles. The molecule has 0 saturated carbocycles. The van der Waals surface area contributed by atoms with Crippen LogP contribution < -0.4 is 4.90 Å². The summed E-state index contributed by atoms with van der Waals surface area (Å²) in [5.41, 5.74) is 5.73. The van der Waals surface area contributed by atoms with Crippen LogP contribution in [-0.4, -0.2) is 28.0 Å². The molecule has 4 heteroatoms. The quantitative estimate of drug-likeness (QED) is 0.873. The second-order valence-corrected chi connectivity index (χ2v) is 6.14. The largest absolute Gasteiger partial charge is 0.370 e. The van der Waals surface area contributed by atoms with Gasteiger partial charge in [-0.15, -0.1) is 0 Å². The molecule has 0 N–H and O–H groups in total. The Labute approximate surface area is 136 Å². The second-order valence-electron chi connectivity index (χ2n) is 6.14. The fourth-order valence-electron chi connectivity index (χ4n) is 3.32. The van der Waals surface area contributed by atoms with Gasteiger partial charge in [-0.05, 0) is 24.5 Å². The number of nitrogens with zero attached hydrogens (tertiary/aromatic N) is 4. The summed E-state index contributed by atoms with van der Waals surface area (Å²) in [5.74, 6) is 0.814. The van der Waals surface area contributed by atoms with E-state index in [0.717, 1.165) is 42.4 Å². The minimum atomic E-state index is 0.814. The SMILES string of the molecule is CCC1CN(c2ccnc3c2C(c2ccncn2)=CC=CC3)C1. The van der Waals surface area contributed by atoms with Crippen LogP contribution in [0.4, 0.5) is 5.69 Å². The Morgan fingerprint density at radius 1 is 1.17 bits per heavy atom. The average molecular weight is 304 g/mol. The molecule has 1 aliphatic heterocycles. The molecule has 0 bridgehead atoms. The van der Waals surface area contributed by atoms with Crippen LogP contribution in [-0.2, 0) is 6.42 Å². The number of hydrogen-bond acceptors (Lipinski definition) is 4. The topological polar surface area (TPSA) is 41.9 Å². The van der Waals surface area contributed by atoms with E-state index in [1.54, 1.807) is 12.5 Å². The lowest BCUT2D eigenvalue weighted by Crippen LogP contribution is -2.46. The van der Waals surface area contributed by atoms with Crippen molar-refractivity contribution in [2.45, 2.75) is 19.8 Å². The summed E-state index contributed by atoms with van der Waals surface area (Å²) in [6.45, 7) is 4.54. The van der Waals surface area contributed by atoms with E-state index in [-0.39, 0.29) is 0 Å². The van der Waals surface area contributed by atoms with Crippen molar-refractivity contribution >= 4 is 11.3 Å². The first kappa shape index (κ1) is 14.1. The van der Waals surface area contributed by atoms with Crippen LogP contribution in [0.15, 0.2) is 49.1 Å². The molecule has 0 amide bonds. The Morgan fingerprint density at radius 3 is 2.87 bits per heavy atom. The van der Waals surface area contributed by atoms with Crippen molar-refractivity contribution in [2.75, 3.05) is 18.0 Å². The minimum absolute atomic E-state index is 0.814. The molecule has 2 aliphatic rings. The predicted octanol–water partition coefficient (Wildman–Crippen LogP) is 3.26. The van der Waals surface area contributed by atoms with E-state index >= 15 is 0 Å². The van der Waals surface area contributed by atoms with E-state index in [1.807, 2.05) is 12.3 Å². The molecule has 1 aliphatic carbocycles. The van der Waals surface area contributed by atoms with Gasteiger partial charge in [-0.1, -0.05) is 25.2 Å². The molecule has 0 aromatic carbocycles. The Kier molecular flexibility index (Phi) is 3.66. The van der Waals surface area contributed by atoms with Gasteiger partial charge in [0, 0.05) is 48.7 Å². The van der Waals surface area contributed by atoms with E-state index < -0.39 is 0 Å². The van der Waals surface area contributed by atoms with Crippen molar-refractivity contribution in [2.24, 2.45) is 5.92 Å². The third-order valence-corrected chi connectivity index (χ3v) is 4.72. The van der Waals surface area contributed by atoms with Crippen molar-refractivity contribution in [3.8, 4) is 0 Å². The van der Waals surface area contributed by atoms with Crippen molar-refractivity contribution < 1.29 is 0 Å². The summed E-state index contributed by atoms with van der Waals surface area (Å²) >= 11 is 0. The molecule has 0 unspecified atom stereocenters. The molecule has 0 spiro atoms. The summed E-state index contributed by atoms with van der Waals surface area (Å²) in [6.07, 6.45) is 13.9. The van der Waals surface area contributed by atoms with Crippen LogP contribution in [0.1, 0.15) is 30.3 Å². The highest BCUT2D eigenvalue weighted by Crippen LogP contribution is 2.37. The first-order chi connectivity index (χ1) is 11.4. The Hall–Kier alpha value is -2.49. The maximum Gasteiger partial charge on any atom is 0.116 e. The monoisotopic (exact) mass is 304 g/mol. The second kappa shape index (κ2) is 5.95. The third-order valence-electron chi connectivity index (χ3n) is 4.72. The third kappa shape index (κ3) is 2.54. The van der Waals surface area contributed by atoms with E-state index in [0.29, 0.717) is 0 Å². The first-order valence-corrected chi connectivity index (χ1v) is 8.23. The number of allylic oxidation sites excluding steroid dienone is 3. The predicted molar refractivity (Wildman–Crippen MR) is 92.2 cm³/mol. The molecule has 0 atom stereocenters. The number of anilines is 1. The zero-order valence-corrected chi connectivity index (χ0v) is 13.3. The standard InChI is InChI=1S/C19H20N4/c1-2-14-11-23(12-14)18-8-10-21-17-6-4-3-5-15(19(17)18)16-7-9-20-13-22-16/h3-5,7-10,13-14H,2,6,11-12H2,1H3. The van der Waals surface area contributed by atoms with Gasteiger partial charge in [-0.3, -0.25) is 4.98 Å². The summed E-state index contributed by atoms with van der Waals surface area (Å²) in [4.78, 5) is 15.6. The highest BCUT2D eigenvalue weighted by Gasteiger charge is 2.29. The Balaban J connectivity index is 1.81. The summed E-state index contributed by atoms with van der Waals surface area (Å²) in [5, 5.41) is 0. The number of pyridine rings is 1. The van der Waals surface area contributed by atoms with Crippen LogP contribution >= 0.6 is 0 Å². The molecule has 23 heavy (non-hydrogen) atoms. The van der Waals surface area contributed by atoms with Crippen LogP contribution in [0.5, 0.6) is 0 Å². The molecule has 1 fully saturated rings. The van der Waals surface area contributed by atoms with E-state index in [1.165, 1.54) is 17.7 Å². The van der Waals surface area contributed by atoms with E-state index in [4.69, 9.17) is 0 Å². The van der Waals surface area contributed by atoms with E-state index in [9.17, 15) is 0 Å². The van der Waals surface area contributed by atoms with Gasteiger partial charge in [0.15, 0.2) is 0 Å². The number of hydrogen-bond donors (Lipinski definition) is 0. The van der Waals surface area contributed by atoms with E-state index in [2.05, 4.69) is 51.1 Å². The summed E-state index contributed by atoms with van der Waals surface area (Å²) in [7, 11) is 0. The molecule has 116 valence electrons. The van der Waals surface area contributed by atoms with Gasteiger partial charge in [0.2, 0.25) is 0 Å². The minimum Gasteiger partial charge on any atom is -0.370 e. The van der Waals surface area contributed by atoms with Crippen LogP contribution in [0.25, 0.3) is 5.57 Å². The van der Waals surface area contributed by atoms with Crippen LogP contribution in [0, 0.1) is 5.92 Å². The lowest BCUT2D eigenvalue weighted by molar-refractivity contribution is 0.398. The summed E-state index contributed by atoms with van der Waals surface area (Å²) in [6, 6.07) is 4.11. The Bertz CT molecular complexity index is 758. The number of rotatable bonds is 3. The maximum absolute atomic E-state index is 4.63. The normalized spacial score (nSPS) is 17.3. The van der Waals surface area contributed by atoms with Gasteiger partial charge in [0.05, 0.1) is 11.4 Å². The number of fused-ring (bicyclic) bond motifs is 1. The van der Waals surface area contributed by atoms with Crippen molar-refractivity contribution in [3.63, 3.8) is 0 Å². The molecular weight excluding hydrogens is 284 g/mol. The van der Waals surface area contributed by atoms with Crippen LogP contribution in [0.3, 0.4) is 0 Å². The zero-order valence-electron chi connectivity index (χ0n) is 13.3. The van der Waals surface area contributed by atoms with Gasteiger partial charge in [-0.25, -0.2) is 9.97 Å². The molecular formula is C19H20N4. The lowest BCUT2D eigenvalue weighted by Gasteiger charge is -2.42. The molecule has 2 aromatic rings. The first-order valence-electron chi connectivity index (χ1n) is 8.23. The summed E-state index contributed by atoms with van der Waals surface area (Å²) < 4.78 is 0. The van der Waals surface area contributed by atoms with Gasteiger partial charge >= 0.3 is 0 Å². The fraction of sp³-hybridized carbons (Fsp3) is 0.316. The van der Waals surface area contributed by atoms with Crippen LogP contribution in [0.2, 0.25) is 0 Å². The van der Waals surface area contributed by atoms with Crippen molar-refractivity contribution in [1.29, 1.82) is 0 Å².